The van der Waals surface area contributed by atoms with Crippen LogP contribution in [0.25, 0.3) is 0 Å². The van der Waals surface area contributed by atoms with Crippen LogP contribution in [0.15, 0.2) is 6.33 Å². The first-order valence-corrected chi connectivity index (χ1v) is 7.52. The van der Waals surface area contributed by atoms with Crippen LogP contribution in [0.2, 0.25) is 0 Å². The Balaban J connectivity index is 1.67. The van der Waals surface area contributed by atoms with E-state index in [0.29, 0.717) is 6.04 Å². The van der Waals surface area contributed by atoms with Gasteiger partial charge in [0.25, 0.3) is 0 Å². The van der Waals surface area contributed by atoms with E-state index < -0.39 is 6.04 Å². The predicted octanol–water partition coefficient (Wildman–Crippen LogP) is 1.27. The second kappa shape index (κ2) is 4.28. The fraction of sp³-hybridized carbons (Fsp3) is 0.857. The Morgan fingerprint density at radius 1 is 1.21 bits per heavy atom. The van der Waals surface area contributed by atoms with Gasteiger partial charge in [0.05, 0.1) is 12.6 Å². The molecule has 4 bridgehead atoms. The molecule has 0 saturated heterocycles. The molecule has 19 heavy (non-hydrogen) atoms. The first-order chi connectivity index (χ1) is 9.26. The summed E-state index contributed by atoms with van der Waals surface area (Å²) in [6.07, 6.45) is 8.75. The van der Waals surface area contributed by atoms with Crippen LogP contribution in [0.1, 0.15) is 50.0 Å². The lowest BCUT2D eigenvalue weighted by Crippen LogP contribution is -2.46. The van der Waals surface area contributed by atoms with Crippen LogP contribution >= 0.6 is 0 Å². The summed E-state index contributed by atoms with van der Waals surface area (Å²) in [7, 11) is 0. The van der Waals surface area contributed by atoms with Crippen LogP contribution in [0.3, 0.4) is 0 Å². The summed E-state index contributed by atoms with van der Waals surface area (Å²) in [4.78, 5) is 0. The normalized spacial score (nSPS) is 41.7. The van der Waals surface area contributed by atoms with Gasteiger partial charge in [-0.1, -0.05) is 0 Å². The third-order valence-electron chi connectivity index (χ3n) is 5.63. The number of nitrogens with two attached hydrogens (primary N) is 1. The maximum atomic E-state index is 9.28. The predicted molar refractivity (Wildman–Crippen MR) is 70.1 cm³/mol. The Hall–Kier alpha value is -0.940. The first kappa shape index (κ1) is 11.9. The summed E-state index contributed by atoms with van der Waals surface area (Å²) >= 11 is 0. The van der Waals surface area contributed by atoms with Crippen molar-refractivity contribution in [1.29, 1.82) is 0 Å². The second-order valence-electron chi connectivity index (χ2n) is 6.81. The van der Waals surface area contributed by atoms with Gasteiger partial charge in [-0.2, -0.15) is 0 Å². The molecule has 1 heterocycles. The first-order valence-electron chi connectivity index (χ1n) is 7.52. The average molecular weight is 262 g/mol. The van der Waals surface area contributed by atoms with E-state index in [1.54, 1.807) is 0 Å². The van der Waals surface area contributed by atoms with Gasteiger partial charge in [-0.25, -0.2) is 0 Å². The molecule has 1 aromatic rings. The van der Waals surface area contributed by atoms with Crippen molar-refractivity contribution in [3.63, 3.8) is 0 Å². The van der Waals surface area contributed by atoms with E-state index in [-0.39, 0.29) is 6.61 Å². The number of rotatable bonds is 3. The third kappa shape index (κ3) is 1.75. The largest absolute Gasteiger partial charge is 0.394 e. The minimum Gasteiger partial charge on any atom is -0.394 e. The van der Waals surface area contributed by atoms with Gasteiger partial charge in [-0.05, 0) is 55.8 Å². The second-order valence-corrected chi connectivity index (χ2v) is 6.81. The van der Waals surface area contributed by atoms with Crippen molar-refractivity contribution in [2.75, 3.05) is 6.61 Å². The minimum atomic E-state index is -0.403. The minimum absolute atomic E-state index is 0.0635. The third-order valence-corrected chi connectivity index (χ3v) is 5.63. The Bertz CT molecular complexity index is 444. The standard InChI is InChI=1S/C14H22N4O/c15-12(6-19)14-17-16-7-18(14)13-10-2-8-1-9(4-10)5-11(13)3-8/h7-13,19H,1-6,15H2. The lowest BCUT2D eigenvalue weighted by molar-refractivity contribution is -0.0307. The van der Waals surface area contributed by atoms with Crippen molar-refractivity contribution in [1.82, 2.24) is 14.8 Å². The molecule has 4 saturated carbocycles. The Labute approximate surface area is 113 Å². The van der Waals surface area contributed by atoms with Gasteiger partial charge in [0.1, 0.15) is 6.33 Å². The van der Waals surface area contributed by atoms with E-state index in [1.165, 1.54) is 32.1 Å². The van der Waals surface area contributed by atoms with Crippen molar-refractivity contribution in [2.45, 2.75) is 44.2 Å². The van der Waals surface area contributed by atoms with Crippen molar-refractivity contribution >= 4 is 0 Å². The van der Waals surface area contributed by atoms with Crippen LogP contribution in [0.5, 0.6) is 0 Å². The molecule has 104 valence electrons. The van der Waals surface area contributed by atoms with Gasteiger partial charge >= 0.3 is 0 Å². The number of hydrogen-bond acceptors (Lipinski definition) is 4. The zero-order valence-corrected chi connectivity index (χ0v) is 11.2. The maximum Gasteiger partial charge on any atom is 0.152 e. The van der Waals surface area contributed by atoms with Crippen LogP contribution in [-0.4, -0.2) is 26.5 Å². The highest BCUT2D eigenvalue weighted by molar-refractivity contribution is 5.05. The summed E-state index contributed by atoms with van der Waals surface area (Å²) in [5, 5.41) is 17.5. The van der Waals surface area contributed by atoms with Crippen LogP contribution in [0.4, 0.5) is 0 Å². The number of nitrogens with zero attached hydrogens (tertiary/aromatic N) is 3. The van der Waals surface area contributed by atoms with Crippen molar-refractivity contribution in [3.8, 4) is 0 Å². The highest BCUT2D eigenvalue weighted by Crippen LogP contribution is 2.58. The van der Waals surface area contributed by atoms with Crippen molar-refractivity contribution in [2.24, 2.45) is 29.4 Å². The number of hydrogen-bond donors (Lipinski definition) is 2. The Morgan fingerprint density at radius 2 is 1.84 bits per heavy atom. The summed E-state index contributed by atoms with van der Waals surface area (Å²) in [6.45, 7) is -0.0635. The van der Waals surface area contributed by atoms with E-state index in [4.69, 9.17) is 5.73 Å². The van der Waals surface area contributed by atoms with Crippen LogP contribution in [0, 0.1) is 23.7 Å². The molecule has 0 aromatic carbocycles. The fourth-order valence-corrected chi connectivity index (χ4v) is 5.18. The molecule has 3 N–H and O–H groups in total. The Morgan fingerprint density at radius 3 is 2.42 bits per heavy atom. The SMILES string of the molecule is NC(CO)c1nncn1C1C2CC3CC(C2)CC1C3. The molecule has 1 atom stereocenters. The van der Waals surface area contributed by atoms with Crippen molar-refractivity contribution < 1.29 is 5.11 Å². The molecule has 0 spiro atoms. The molecule has 0 aliphatic heterocycles. The summed E-state index contributed by atoms with van der Waals surface area (Å²) in [6, 6.07) is 0.120. The highest BCUT2D eigenvalue weighted by atomic mass is 16.3. The van der Waals surface area contributed by atoms with E-state index in [9.17, 15) is 5.11 Å². The molecule has 1 aromatic heterocycles. The lowest BCUT2D eigenvalue weighted by atomic mass is 9.54. The maximum absolute atomic E-state index is 9.28. The molecule has 0 radical (unpaired) electrons. The zero-order valence-electron chi connectivity index (χ0n) is 11.2. The molecule has 1 unspecified atom stereocenters. The number of aliphatic hydroxyl groups is 1. The topological polar surface area (TPSA) is 77.0 Å². The number of aliphatic hydroxyl groups excluding tert-OH is 1. The van der Waals surface area contributed by atoms with E-state index in [2.05, 4.69) is 14.8 Å². The van der Waals surface area contributed by atoms with Gasteiger partial charge in [0.2, 0.25) is 0 Å². The van der Waals surface area contributed by atoms with E-state index >= 15 is 0 Å². The van der Waals surface area contributed by atoms with Crippen molar-refractivity contribution in [3.05, 3.63) is 12.2 Å². The van der Waals surface area contributed by atoms with Gasteiger partial charge in [0, 0.05) is 6.04 Å². The molecular weight excluding hydrogens is 240 g/mol. The smallest absolute Gasteiger partial charge is 0.152 e. The number of aromatic nitrogens is 3. The molecule has 0 amide bonds. The van der Waals surface area contributed by atoms with Gasteiger partial charge < -0.3 is 15.4 Å². The molecular formula is C14H22N4O. The molecule has 4 fully saturated rings. The van der Waals surface area contributed by atoms with Gasteiger partial charge in [-0.15, -0.1) is 10.2 Å². The quantitative estimate of drug-likeness (QED) is 0.860. The summed E-state index contributed by atoms with van der Waals surface area (Å²) in [5.74, 6) is 4.24. The molecule has 5 heteroatoms. The zero-order chi connectivity index (χ0) is 13.0. The molecule has 4 aliphatic rings. The average Bonchev–Trinajstić information content (AvgIpc) is 2.85. The van der Waals surface area contributed by atoms with Crippen LogP contribution in [-0.2, 0) is 0 Å². The highest BCUT2D eigenvalue weighted by Gasteiger charge is 2.49. The van der Waals surface area contributed by atoms with E-state index in [0.717, 1.165) is 29.5 Å². The van der Waals surface area contributed by atoms with Crippen LogP contribution < -0.4 is 5.73 Å². The molecule has 5 rings (SSSR count). The Kier molecular flexibility index (Phi) is 2.67. The fourth-order valence-electron chi connectivity index (χ4n) is 5.18. The molecule has 4 aliphatic carbocycles. The van der Waals surface area contributed by atoms with Gasteiger partial charge in [-0.3, -0.25) is 0 Å². The monoisotopic (exact) mass is 262 g/mol. The lowest BCUT2D eigenvalue weighted by Gasteiger charge is -2.54. The van der Waals surface area contributed by atoms with Gasteiger partial charge in [0.15, 0.2) is 5.82 Å². The summed E-state index contributed by atoms with van der Waals surface area (Å²) < 4.78 is 2.19. The molecule has 5 nitrogen and oxygen atoms in total. The summed E-state index contributed by atoms with van der Waals surface area (Å²) in [5.41, 5.74) is 5.96. The van der Waals surface area contributed by atoms with E-state index in [1.807, 2.05) is 6.33 Å².